The van der Waals surface area contributed by atoms with Gasteiger partial charge in [0, 0.05) is 97.1 Å². The molecule has 2 aliphatic rings. The number of benzene rings is 1. The lowest BCUT2D eigenvalue weighted by atomic mass is 10.1. The third kappa shape index (κ3) is 24.7. The monoisotopic (exact) mass is 1180 g/mol. The van der Waals surface area contributed by atoms with E-state index in [9.17, 15) is 80.2 Å². The van der Waals surface area contributed by atoms with Crippen LogP contribution >= 0.6 is 0 Å². The Morgan fingerprint density at radius 2 is 1.33 bits per heavy atom. The second-order valence-corrected chi connectivity index (χ2v) is 22.9. The van der Waals surface area contributed by atoms with Crippen LogP contribution in [-0.2, 0) is 71.3 Å². The maximum atomic E-state index is 13.5. The molecule has 0 radical (unpaired) electrons. The maximum Gasteiger partial charge on any atom is 0.323 e. The molecule has 0 aliphatic carbocycles. The average molecular weight is 1180 g/mol. The fraction of sp³-hybridized carbons (Fsp3) is 0.620. The smallest absolute Gasteiger partial charge is 0.323 e. The highest BCUT2D eigenvalue weighted by molar-refractivity contribution is 7.89. The Balaban J connectivity index is 1.21. The van der Waals surface area contributed by atoms with Crippen LogP contribution in [0.4, 0.5) is 5.82 Å². The summed E-state index contributed by atoms with van der Waals surface area (Å²) in [4.78, 5) is 110. The zero-order chi connectivity index (χ0) is 59.7. The summed E-state index contributed by atoms with van der Waals surface area (Å²) in [6.07, 6.45) is 4.63. The molecule has 2 aromatic rings. The maximum absolute atomic E-state index is 13.5. The fourth-order valence-electron chi connectivity index (χ4n) is 9.09. The quantitative estimate of drug-likeness (QED) is 0.0198. The molecule has 29 nitrogen and oxygen atoms in total. The molecule has 3 heterocycles. The first-order valence-corrected chi connectivity index (χ1v) is 29.6. The molecule has 1 fully saturated rings. The van der Waals surface area contributed by atoms with Gasteiger partial charge in [0.2, 0.25) is 33.7 Å². The number of carboxylic acids is 3. The Morgan fingerprint density at radius 1 is 0.753 bits per heavy atom. The van der Waals surface area contributed by atoms with Crippen molar-refractivity contribution in [3.63, 3.8) is 0 Å². The summed E-state index contributed by atoms with van der Waals surface area (Å²) in [5.74, 6) is -6.59. The van der Waals surface area contributed by atoms with Gasteiger partial charge in [0.25, 0.3) is 10.1 Å². The van der Waals surface area contributed by atoms with Gasteiger partial charge in [-0.25, -0.2) is 13.4 Å². The van der Waals surface area contributed by atoms with Gasteiger partial charge in [-0.3, -0.25) is 57.7 Å². The van der Waals surface area contributed by atoms with E-state index in [-0.39, 0.29) is 120 Å². The standard InChI is InChI=1S/C50H77N11O18S2/c1-34-25-39(26-35(2)47(34)81(77,78)57-40(50(72)73)27-54-43(65)9-4-3-8-37-12-11-36-7-5-13-52-48(36)55-37)79-24-6-10-42(64)51-14-15-53-49(71)41(33-80(74,75)76)56-44(66)28-58-16-17-59(29-45(67)68)18-19-60(30-46(69)70)21-23-61(22-20-58)38(31-62)32-63/h11-12,25-26,31,38,40-41,57,63H,3-10,13-24,27-30,32-33H2,1-2H3,(H,51,64)(H,52,55)(H,53,71)(H,54,65)(H,56,66)(H,67,68)(H,69,70)(H,72,73)(H,74,75,76). The van der Waals surface area contributed by atoms with E-state index >= 15 is 0 Å². The highest BCUT2D eigenvalue weighted by Gasteiger charge is 2.31. The van der Waals surface area contributed by atoms with Gasteiger partial charge in [0.15, 0.2) is 0 Å². The summed E-state index contributed by atoms with van der Waals surface area (Å²) < 4.78 is 68.5. The van der Waals surface area contributed by atoms with E-state index < -0.39 is 112 Å². The number of aliphatic carboxylic acids is 3. The highest BCUT2D eigenvalue weighted by Crippen LogP contribution is 2.26. The van der Waals surface area contributed by atoms with Crippen molar-refractivity contribution in [2.24, 2.45) is 0 Å². The number of hydrogen-bond donors (Lipinski definition) is 11. The van der Waals surface area contributed by atoms with Crippen LogP contribution in [0.15, 0.2) is 29.2 Å². The van der Waals surface area contributed by atoms with Gasteiger partial charge in [0.1, 0.15) is 35.7 Å². The molecular weight excluding hydrogens is 1110 g/mol. The molecule has 0 spiro atoms. The van der Waals surface area contributed by atoms with Gasteiger partial charge in [-0.2, -0.15) is 13.1 Å². The van der Waals surface area contributed by atoms with Crippen LogP contribution in [-0.4, -0.2) is 249 Å². The molecule has 31 heteroatoms. The van der Waals surface area contributed by atoms with Crippen LogP contribution in [0.1, 0.15) is 60.9 Å². The zero-order valence-electron chi connectivity index (χ0n) is 45.6. The van der Waals surface area contributed by atoms with Crippen LogP contribution < -0.4 is 36.0 Å². The molecule has 452 valence electrons. The largest absolute Gasteiger partial charge is 0.494 e. The van der Waals surface area contributed by atoms with E-state index in [1.807, 2.05) is 6.07 Å². The zero-order valence-corrected chi connectivity index (χ0v) is 47.2. The van der Waals surface area contributed by atoms with Crippen molar-refractivity contribution >= 4 is 73.8 Å². The number of aryl methyl sites for hydroxylation is 4. The number of anilines is 1. The molecule has 3 unspecified atom stereocenters. The number of aliphatic hydroxyl groups is 1. The van der Waals surface area contributed by atoms with Gasteiger partial charge < -0.3 is 56.5 Å². The predicted octanol–water partition coefficient (Wildman–Crippen LogP) is -2.97. The van der Waals surface area contributed by atoms with Gasteiger partial charge in [-0.05, 0) is 87.3 Å². The SMILES string of the molecule is Cc1cc(OCCCC(=O)NCCNC(=O)C(CS(=O)(=O)O)NC(=O)CN2CCN(CC(=O)O)CCN(CC(=O)O)CCN(C(C=O)CO)CC2)cc(C)c1S(=O)(=O)NC(CNC(=O)CCCCc1ccc2c(n1)NCCC2)C(=O)O. The number of aliphatic hydroxyl groups excluding tert-OH is 1. The molecule has 1 aromatic carbocycles. The number of nitrogens with one attached hydrogen (secondary N) is 6. The van der Waals surface area contributed by atoms with Crippen LogP contribution in [0.2, 0.25) is 0 Å². The van der Waals surface area contributed by atoms with Gasteiger partial charge in [-0.15, -0.1) is 0 Å². The lowest BCUT2D eigenvalue weighted by Gasteiger charge is -2.34. The van der Waals surface area contributed by atoms with Crippen molar-refractivity contribution in [1.29, 1.82) is 0 Å². The number of unbranched alkanes of at least 4 members (excludes halogenated alkanes) is 1. The second-order valence-electron chi connectivity index (χ2n) is 19.7. The van der Waals surface area contributed by atoms with Gasteiger partial charge >= 0.3 is 17.9 Å². The minimum Gasteiger partial charge on any atom is -0.494 e. The van der Waals surface area contributed by atoms with Gasteiger partial charge in [0.05, 0.1) is 43.8 Å². The molecule has 4 amide bonds. The molecule has 11 N–H and O–H groups in total. The second kappa shape index (κ2) is 33.5. The number of aldehydes is 1. The topological polar surface area (TPSA) is 413 Å². The van der Waals surface area contributed by atoms with Crippen LogP contribution in [0.25, 0.3) is 0 Å². The first kappa shape index (κ1) is 67.1. The van der Waals surface area contributed by atoms with E-state index in [4.69, 9.17) is 4.74 Å². The van der Waals surface area contributed by atoms with E-state index in [1.165, 1.54) is 36.4 Å². The lowest BCUT2D eigenvalue weighted by molar-refractivity contribution is -0.140. The van der Waals surface area contributed by atoms with E-state index in [1.54, 1.807) is 14.7 Å². The molecule has 81 heavy (non-hydrogen) atoms. The number of amides is 4. The summed E-state index contributed by atoms with van der Waals surface area (Å²) in [6.45, 7) is 2.00. The van der Waals surface area contributed by atoms with Crippen LogP contribution in [0.5, 0.6) is 5.75 Å². The normalized spacial score (nSPS) is 16.4. The first-order valence-electron chi connectivity index (χ1n) is 26.5. The summed E-state index contributed by atoms with van der Waals surface area (Å²) in [5, 5.41) is 51.7. The molecule has 3 atom stereocenters. The van der Waals surface area contributed by atoms with E-state index in [2.05, 4.69) is 42.4 Å². The third-order valence-corrected chi connectivity index (χ3v) is 15.7. The number of ether oxygens (including phenoxy) is 1. The number of hydrogen-bond acceptors (Lipinski definition) is 20. The number of carbonyl (C=O) groups excluding carboxylic acids is 5. The number of fused-ring (bicyclic) bond motifs is 1. The first-order chi connectivity index (χ1) is 38.4. The number of carbonyl (C=O) groups is 8. The Hall–Kier alpha value is -6.45. The number of nitrogens with zero attached hydrogens (tertiary/aromatic N) is 5. The Bertz CT molecular complexity index is 2700. The Labute approximate surface area is 470 Å². The van der Waals surface area contributed by atoms with Crippen molar-refractivity contribution in [3.05, 3.63) is 46.6 Å². The summed E-state index contributed by atoms with van der Waals surface area (Å²) >= 11 is 0. The van der Waals surface area contributed by atoms with Crippen molar-refractivity contribution in [1.82, 2.24) is 50.6 Å². The van der Waals surface area contributed by atoms with Crippen LogP contribution in [0, 0.1) is 13.8 Å². The van der Waals surface area contributed by atoms with Gasteiger partial charge in [-0.1, -0.05) is 6.07 Å². The summed E-state index contributed by atoms with van der Waals surface area (Å²) in [6, 6.07) is 2.46. The minimum atomic E-state index is -4.84. The highest BCUT2D eigenvalue weighted by atomic mass is 32.2. The number of pyridine rings is 1. The number of rotatable bonds is 32. The third-order valence-electron chi connectivity index (χ3n) is 13.2. The summed E-state index contributed by atoms with van der Waals surface area (Å²) in [7, 11) is -9.26. The van der Waals surface area contributed by atoms with Crippen molar-refractivity contribution in [3.8, 4) is 5.75 Å². The van der Waals surface area contributed by atoms with E-state index in [0.717, 1.165) is 30.9 Å². The lowest BCUT2D eigenvalue weighted by Crippen LogP contribution is -2.55. The summed E-state index contributed by atoms with van der Waals surface area (Å²) in [5.41, 5.74) is 2.55. The van der Waals surface area contributed by atoms with E-state index in [0.29, 0.717) is 25.5 Å². The van der Waals surface area contributed by atoms with Crippen LogP contribution in [0.3, 0.4) is 0 Å². The number of sulfonamides is 1. The van der Waals surface area contributed by atoms with Crippen molar-refractivity contribution in [2.75, 3.05) is 122 Å². The number of carboxylic acid groups (broad SMARTS) is 3. The fourth-order valence-corrected chi connectivity index (χ4v) is 11.4. The minimum absolute atomic E-state index is 0.0130. The van der Waals surface area contributed by atoms with Crippen molar-refractivity contribution < 1.29 is 84.9 Å². The molecule has 1 saturated heterocycles. The Morgan fingerprint density at radius 3 is 1.91 bits per heavy atom. The molecular formula is C50H77N11O18S2. The number of aromatic nitrogens is 1. The molecule has 1 aromatic heterocycles. The Kier molecular flexibility index (Phi) is 27.7. The predicted molar refractivity (Wildman–Crippen MR) is 291 cm³/mol. The van der Waals surface area contributed by atoms with Crippen molar-refractivity contribution in [2.45, 2.75) is 88.2 Å². The molecule has 2 aliphatic heterocycles. The molecule has 0 saturated carbocycles. The molecule has 0 bridgehead atoms. The molecule has 4 rings (SSSR count). The average Bonchev–Trinajstić information content (AvgIpc) is 3.38.